The third-order valence-corrected chi connectivity index (χ3v) is 4.88. The Hall–Kier alpha value is -2.99. The Morgan fingerprint density at radius 1 is 0.947 bits per heavy atom. The molecule has 2 aromatic carbocycles. The fourth-order valence-electron chi connectivity index (χ4n) is 2.65. The number of methoxy groups -OCH3 is 2. The molecule has 0 saturated carbocycles. The van der Waals surface area contributed by atoms with Crippen LogP contribution in [0.5, 0.6) is 11.5 Å². The Kier molecular flexibility index (Phi) is 19.6. The van der Waals surface area contributed by atoms with E-state index in [1.807, 2.05) is 24.5 Å². The molecule has 1 aliphatic rings. The summed E-state index contributed by atoms with van der Waals surface area (Å²) in [5.41, 5.74) is 6.29. The minimum Gasteiger partial charge on any atom is -0.506 e. The second-order valence-corrected chi connectivity index (χ2v) is 7.93. The number of nitrogen functional groups attached to an aromatic ring is 1. The maximum Gasteiger partial charge on any atom is 0.339 e. The number of anilines is 1. The molecule has 2 unspecified atom stereocenters. The zero-order valence-corrected chi connectivity index (χ0v) is 21.5. The van der Waals surface area contributed by atoms with Crippen LogP contribution in [0.4, 0.5) is 5.69 Å². The minimum atomic E-state index is -0.690. The van der Waals surface area contributed by atoms with Gasteiger partial charge in [-0.05, 0) is 48.5 Å². The number of aromatic nitrogens is 1. The van der Waals surface area contributed by atoms with Crippen LogP contribution in [0.3, 0.4) is 0 Å². The second-order valence-electron chi connectivity index (χ2n) is 7.05. The molecule has 0 bridgehead atoms. The highest BCUT2D eigenvalue weighted by Gasteiger charge is 2.23. The number of nitrogens with zero attached hydrogens (tertiary/aromatic N) is 1. The number of benzene rings is 2. The van der Waals surface area contributed by atoms with E-state index in [2.05, 4.69) is 4.89 Å². The van der Waals surface area contributed by atoms with E-state index in [0.717, 1.165) is 19.8 Å². The lowest BCUT2D eigenvalue weighted by Crippen LogP contribution is -2.13. The van der Waals surface area contributed by atoms with E-state index in [9.17, 15) is 9.90 Å². The monoisotopic (exact) mass is 576 g/mol. The van der Waals surface area contributed by atoms with Gasteiger partial charge in [-0.1, -0.05) is 38.1 Å². The van der Waals surface area contributed by atoms with Gasteiger partial charge in [0.25, 0.3) is 0 Å². The van der Waals surface area contributed by atoms with Crippen LogP contribution in [0.25, 0.3) is 5.69 Å². The first-order valence-corrected chi connectivity index (χ1v) is 11.3. The molecule has 0 aliphatic carbocycles. The molecule has 1 aliphatic heterocycles. The largest absolute Gasteiger partial charge is 0.506 e. The molecule has 38 heavy (non-hydrogen) atoms. The number of aromatic hydroxyl groups is 2. The number of hydrogen-bond donors (Lipinski definition) is 4. The quantitative estimate of drug-likeness (QED) is 0.119. The van der Waals surface area contributed by atoms with Gasteiger partial charge in [0.05, 0.1) is 11.4 Å². The molecular weight excluding hydrogens is 539 g/mol. The van der Waals surface area contributed by atoms with Crippen LogP contribution in [0.2, 0.25) is 10.0 Å². The van der Waals surface area contributed by atoms with Gasteiger partial charge in [-0.15, -0.1) is 0 Å². The maximum atomic E-state index is 9.53. The summed E-state index contributed by atoms with van der Waals surface area (Å²) < 4.78 is 16.9. The minimum absolute atomic E-state index is 0. The fourth-order valence-corrected chi connectivity index (χ4v) is 3.00. The van der Waals surface area contributed by atoms with Gasteiger partial charge in [0, 0.05) is 56.4 Å². The summed E-state index contributed by atoms with van der Waals surface area (Å²) >= 11 is 11.3. The van der Waals surface area contributed by atoms with Crippen LogP contribution in [-0.2, 0) is 23.9 Å². The van der Waals surface area contributed by atoms with E-state index in [1.54, 1.807) is 43.1 Å². The first-order valence-electron chi connectivity index (χ1n) is 10.5. The molecule has 214 valence electrons. The lowest BCUT2D eigenvalue weighted by molar-refractivity contribution is -0.231. The number of halogens is 2. The number of carbonyl (C=O) groups excluding carboxylic acids is 1. The van der Waals surface area contributed by atoms with Gasteiger partial charge < -0.3 is 39.6 Å². The first-order chi connectivity index (χ1) is 17.1. The van der Waals surface area contributed by atoms with Crippen molar-refractivity contribution in [1.82, 2.24) is 4.57 Å². The SMILES string of the molecule is C.C.CC(=O)OO.COC1CCC(OC)O1.Nc1cc(Cl)ccc1O.Oc1ccc(Cl)cc1-n1cccc1. The zero-order valence-electron chi connectivity index (χ0n) is 20.0. The summed E-state index contributed by atoms with van der Waals surface area (Å²) in [6.07, 6.45) is 5.49. The standard InChI is InChI=1S/C10H8ClNO.C6H6ClNO.C6H12O3.C2H4O3.2CH4/c11-8-3-4-10(13)9(7-8)12-5-1-2-6-12;7-4-1-2-6(9)5(8)3-4;1-7-5-3-4-6(8-2)9-5;1-2(3)5-4;;/h1-7,13H;1-3,9H,8H2;5-6H,3-4H2,1-2H3;4H,1H3;2*1H4. The predicted molar refractivity (Wildman–Crippen MR) is 150 cm³/mol. The van der Waals surface area contributed by atoms with Gasteiger partial charge >= 0.3 is 5.97 Å². The van der Waals surface area contributed by atoms with Crippen molar-refractivity contribution in [3.05, 3.63) is 71.0 Å². The summed E-state index contributed by atoms with van der Waals surface area (Å²) in [4.78, 5) is 12.5. The van der Waals surface area contributed by atoms with Crippen LogP contribution in [0.1, 0.15) is 34.6 Å². The summed E-state index contributed by atoms with van der Waals surface area (Å²) in [6.45, 7) is 1.11. The number of nitrogens with two attached hydrogens (primary N) is 1. The number of ether oxygens (including phenoxy) is 3. The third-order valence-electron chi connectivity index (χ3n) is 4.41. The zero-order chi connectivity index (χ0) is 27.1. The van der Waals surface area contributed by atoms with Crippen molar-refractivity contribution in [2.45, 2.75) is 47.2 Å². The van der Waals surface area contributed by atoms with Gasteiger partial charge in [0.15, 0.2) is 12.6 Å². The number of phenols is 2. The molecule has 12 heteroatoms. The predicted octanol–water partition coefficient (Wildman–Crippen LogP) is 6.50. The first kappa shape index (κ1) is 37.2. The molecule has 2 heterocycles. The van der Waals surface area contributed by atoms with E-state index in [0.29, 0.717) is 21.4 Å². The lowest BCUT2D eigenvalue weighted by atomic mass is 10.3. The molecule has 0 amide bonds. The van der Waals surface area contributed by atoms with Crippen molar-refractivity contribution in [3.63, 3.8) is 0 Å². The molecular formula is C26H38Cl2N2O8. The van der Waals surface area contributed by atoms with E-state index >= 15 is 0 Å². The molecule has 0 spiro atoms. The Labute approximate surface area is 234 Å². The molecule has 2 atom stereocenters. The topological polar surface area (TPSA) is 146 Å². The summed E-state index contributed by atoms with van der Waals surface area (Å²) in [5.74, 6) is -0.398. The number of phenolic OH excluding ortho intramolecular Hbond substituents is 2. The molecule has 1 aromatic heterocycles. The highest BCUT2D eigenvalue weighted by Crippen LogP contribution is 2.25. The molecule has 1 fully saturated rings. The normalized spacial score (nSPS) is 15.0. The molecule has 4 rings (SSSR count). The van der Waals surface area contributed by atoms with Crippen molar-refractivity contribution < 1.29 is 39.4 Å². The maximum absolute atomic E-state index is 9.53. The molecule has 3 aromatic rings. The van der Waals surface area contributed by atoms with Crippen molar-refractivity contribution >= 4 is 34.9 Å². The molecule has 0 radical (unpaired) electrons. The average molecular weight is 578 g/mol. The van der Waals surface area contributed by atoms with Gasteiger partial charge in [-0.3, -0.25) is 0 Å². The third kappa shape index (κ3) is 14.1. The van der Waals surface area contributed by atoms with Crippen molar-refractivity contribution in [3.8, 4) is 17.2 Å². The van der Waals surface area contributed by atoms with Gasteiger partial charge in [-0.25, -0.2) is 4.79 Å². The second kappa shape index (κ2) is 20.0. The van der Waals surface area contributed by atoms with Gasteiger partial charge in [0.1, 0.15) is 11.5 Å². The van der Waals surface area contributed by atoms with Crippen LogP contribution < -0.4 is 5.73 Å². The number of carbonyl (C=O) groups is 1. The van der Waals surface area contributed by atoms with E-state index in [4.69, 9.17) is 53.5 Å². The summed E-state index contributed by atoms with van der Waals surface area (Å²) in [7, 11) is 3.28. The van der Waals surface area contributed by atoms with Crippen molar-refractivity contribution in [2.24, 2.45) is 0 Å². The Balaban J connectivity index is 0. The highest BCUT2D eigenvalue weighted by molar-refractivity contribution is 6.31. The van der Waals surface area contributed by atoms with Gasteiger partial charge in [0.2, 0.25) is 0 Å². The Morgan fingerprint density at radius 3 is 1.76 bits per heavy atom. The number of hydrogen-bond acceptors (Lipinski definition) is 9. The Bertz CT molecular complexity index is 1040. The summed E-state index contributed by atoms with van der Waals surface area (Å²) in [6, 6.07) is 13.3. The van der Waals surface area contributed by atoms with Crippen molar-refractivity contribution in [2.75, 3.05) is 20.0 Å². The van der Waals surface area contributed by atoms with Crippen LogP contribution in [0, 0.1) is 0 Å². The smallest absolute Gasteiger partial charge is 0.339 e. The van der Waals surface area contributed by atoms with E-state index in [-0.39, 0.29) is 38.9 Å². The number of rotatable bonds is 3. The van der Waals surface area contributed by atoms with E-state index in [1.165, 1.54) is 12.1 Å². The van der Waals surface area contributed by atoms with E-state index < -0.39 is 5.97 Å². The van der Waals surface area contributed by atoms with Crippen LogP contribution in [0.15, 0.2) is 60.9 Å². The Morgan fingerprint density at radius 2 is 1.39 bits per heavy atom. The fraction of sp³-hybridized carbons (Fsp3) is 0.346. The van der Waals surface area contributed by atoms with Gasteiger partial charge in [-0.2, -0.15) is 5.26 Å². The van der Waals surface area contributed by atoms with Crippen LogP contribution >= 0.6 is 23.2 Å². The molecule has 5 N–H and O–H groups in total. The average Bonchev–Trinajstić information content (AvgIpc) is 3.56. The van der Waals surface area contributed by atoms with Crippen LogP contribution in [-0.4, -0.2) is 52.8 Å². The lowest BCUT2D eigenvalue weighted by Gasteiger charge is -2.09. The highest BCUT2D eigenvalue weighted by atomic mass is 35.5. The van der Waals surface area contributed by atoms with Crippen molar-refractivity contribution in [1.29, 1.82) is 0 Å². The summed E-state index contributed by atoms with van der Waals surface area (Å²) in [5, 5.41) is 26.8. The molecule has 10 nitrogen and oxygen atoms in total. The molecule has 1 saturated heterocycles.